The van der Waals surface area contributed by atoms with Crippen molar-refractivity contribution in [3.05, 3.63) is 35.1 Å². The van der Waals surface area contributed by atoms with Crippen molar-refractivity contribution in [2.45, 2.75) is 38.3 Å². The highest BCUT2D eigenvalue weighted by molar-refractivity contribution is 5.90. The van der Waals surface area contributed by atoms with Gasteiger partial charge in [0.25, 0.3) is 0 Å². The third kappa shape index (κ3) is 4.19. The van der Waals surface area contributed by atoms with E-state index in [-0.39, 0.29) is 12.5 Å². The lowest BCUT2D eigenvalue weighted by atomic mass is 9.90. The lowest BCUT2D eigenvalue weighted by molar-refractivity contribution is -0.137. The summed E-state index contributed by atoms with van der Waals surface area (Å²) in [6, 6.07) is 1.74. The molecule has 0 radical (unpaired) electrons. The summed E-state index contributed by atoms with van der Waals surface area (Å²) in [5, 5.41) is 0. The molecule has 0 amide bonds. The molecule has 0 spiro atoms. The van der Waals surface area contributed by atoms with Crippen LogP contribution in [0.1, 0.15) is 48.0 Å². The van der Waals surface area contributed by atoms with E-state index in [2.05, 4.69) is 0 Å². The Balaban J connectivity index is 2.04. The molecule has 0 atom stereocenters. The Labute approximate surface area is 120 Å². The van der Waals surface area contributed by atoms with Gasteiger partial charge < -0.3 is 4.74 Å². The summed E-state index contributed by atoms with van der Waals surface area (Å²) in [5.41, 5.74) is -1.73. The van der Waals surface area contributed by atoms with Gasteiger partial charge in [-0.3, -0.25) is 0 Å². The van der Waals surface area contributed by atoms with Crippen molar-refractivity contribution in [2.24, 2.45) is 5.92 Å². The highest BCUT2D eigenvalue weighted by Gasteiger charge is 2.32. The smallest absolute Gasteiger partial charge is 0.416 e. The first-order chi connectivity index (χ1) is 9.88. The van der Waals surface area contributed by atoms with Crippen LogP contribution in [0, 0.1) is 11.7 Å². The Hall–Kier alpha value is -1.59. The standard InChI is InChI=1S/C15H16F4O2/c16-13-7-6-11(15(17,18)19)8-12(13)14(20)21-9-10-4-2-1-3-5-10/h6-8,10H,1-5,9H2. The minimum atomic E-state index is -4.62. The number of hydrogen-bond acceptors (Lipinski definition) is 2. The Morgan fingerprint density at radius 3 is 2.48 bits per heavy atom. The fourth-order valence-corrected chi connectivity index (χ4v) is 2.48. The fraction of sp³-hybridized carbons (Fsp3) is 0.533. The SMILES string of the molecule is O=C(OCC1CCCCC1)c1cc(C(F)(F)F)ccc1F. The molecule has 1 fully saturated rings. The summed E-state index contributed by atoms with van der Waals surface area (Å²) in [6.45, 7) is 0.133. The molecule has 21 heavy (non-hydrogen) atoms. The number of carbonyl (C=O) groups excluding carboxylic acids is 1. The van der Waals surface area contributed by atoms with Gasteiger partial charge in [0.1, 0.15) is 5.82 Å². The van der Waals surface area contributed by atoms with E-state index in [1.54, 1.807) is 0 Å². The molecular weight excluding hydrogens is 288 g/mol. The van der Waals surface area contributed by atoms with Crippen molar-refractivity contribution in [1.82, 2.24) is 0 Å². The first-order valence-electron chi connectivity index (χ1n) is 6.92. The average molecular weight is 304 g/mol. The van der Waals surface area contributed by atoms with Crippen LogP contribution in [0.25, 0.3) is 0 Å². The number of benzene rings is 1. The summed E-state index contributed by atoms with van der Waals surface area (Å²) in [5.74, 6) is -1.82. The van der Waals surface area contributed by atoms with E-state index in [0.717, 1.165) is 32.1 Å². The molecule has 0 saturated heterocycles. The summed E-state index contributed by atoms with van der Waals surface area (Å²) < 4.78 is 56.2. The van der Waals surface area contributed by atoms with E-state index in [1.165, 1.54) is 0 Å². The normalized spacial score (nSPS) is 16.8. The maximum atomic E-state index is 13.5. The molecule has 2 rings (SSSR count). The van der Waals surface area contributed by atoms with Gasteiger partial charge in [-0.05, 0) is 37.0 Å². The van der Waals surface area contributed by atoms with Crippen LogP contribution in [0.3, 0.4) is 0 Å². The number of halogens is 4. The Morgan fingerprint density at radius 1 is 1.19 bits per heavy atom. The molecule has 116 valence electrons. The lowest BCUT2D eigenvalue weighted by Gasteiger charge is -2.21. The highest BCUT2D eigenvalue weighted by atomic mass is 19.4. The lowest BCUT2D eigenvalue weighted by Crippen LogP contribution is -2.18. The second-order valence-corrected chi connectivity index (χ2v) is 5.29. The van der Waals surface area contributed by atoms with Crippen LogP contribution in [0.4, 0.5) is 17.6 Å². The zero-order valence-corrected chi connectivity index (χ0v) is 11.4. The minimum Gasteiger partial charge on any atom is -0.462 e. The van der Waals surface area contributed by atoms with Crippen LogP contribution < -0.4 is 0 Å². The second kappa shape index (κ2) is 6.45. The van der Waals surface area contributed by atoms with E-state index >= 15 is 0 Å². The molecule has 0 aromatic heterocycles. The zero-order chi connectivity index (χ0) is 15.5. The van der Waals surface area contributed by atoms with E-state index in [9.17, 15) is 22.4 Å². The van der Waals surface area contributed by atoms with Gasteiger partial charge in [-0.1, -0.05) is 19.3 Å². The first kappa shape index (κ1) is 15.8. The number of ether oxygens (including phenoxy) is 1. The topological polar surface area (TPSA) is 26.3 Å². The van der Waals surface area contributed by atoms with Gasteiger partial charge in [-0.2, -0.15) is 13.2 Å². The van der Waals surface area contributed by atoms with E-state index in [1.807, 2.05) is 0 Å². The molecule has 0 aliphatic heterocycles. The maximum absolute atomic E-state index is 13.5. The number of rotatable bonds is 3. The first-order valence-corrected chi connectivity index (χ1v) is 6.92. The van der Waals surface area contributed by atoms with Gasteiger partial charge in [-0.15, -0.1) is 0 Å². The largest absolute Gasteiger partial charge is 0.462 e. The molecule has 0 bridgehead atoms. The molecule has 1 aliphatic carbocycles. The Morgan fingerprint density at radius 2 is 1.86 bits per heavy atom. The summed E-state index contributed by atoms with van der Waals surface area (Å²) in [4.78, 5) is 11.8. The van der Waals surface area contributed by atoms with Crippen LogP contribution in [-0.2, 0) is 10.9 Å². The molecule has 2 nitrogen and oxygen atoms in total. The van der Waals surface area contributed by atoms with E-state index in [0.29, 0.717) is 18.2 Å². The van der Waals surface area contributed by atoms with Crippen LogP contribution in [0.15, 0.2) is 18.2 Å². The van der Waals surface area contributed by atoms with Gasteiger partial charge in [-0.25, -0.2) is 9.18 Å². The number of carbonyl (C=O) groups is 1. The molecule has 0 N–H and O–H groups in total. The van der Waals surface area contributed by atoms with Crippen LogP contribution in [0.5, 0.6) is 0 Å². The van der Waals surface area contributed by atoms with Crippen molar-refractivity contribution in [2.75, 3.05) is 6.61 Å². The summed E-state index contributed by atoms with van der Waals surface area (Å²) in [7, 11) is 0. The number of esters is 1. The maximum Gasteiger partial charge on any atom is 0.416 e. The molecule has 1 aromatic rings. The number of hydrogen-bond donors (Lipinski definition) is 0. The average Bonchev–Trinajstić information content (AvgIpc) is 2.45. The molecule has 0 unspecified atom stereocenters. The predicted molar refractivity (Wildman–Crippen MR) is 68.3 cm³/mol. The second-order valence-electron chi connectivity index (χ2n) is 5.29. The fourth-order valence-electron chi connectivity index (χ4n) is 2.48. The monoisotopic (exact) mass is 304 g/mol. The molecule has 0 heterocycles. The Kier molecular flexibility index (Phi) is 4.85. The van der Waals surface area contributed by atoms with Crippen molar-refractivity contribution < 1.29 is 27.1 Å². The third-order valence-corrected chi connectivity index (χ3v) is 3.69. The molecule has 1 aromatic carbocycles. The van der Waals surface area contributed by atoms with E-state index < -0.39 is 29.1 Å². The van der Waals surface area contributed by atoms with Gasteiger partial charge in [0.05, 0.1) is 17.7 Å². The van der Waals surface area contributed by atoms with Gasteiger partial charge in [0, 0.05) is 0 Å². The molecule has 6 heteroatoms. The van der Waals surface area contributed by atoms with Crippen molar-refractivity contribution in [1.29, 1.82) is 0 Å². The zero-order valence-electron chi connectivity index (χ0n) is 11.4. The highest BCUT2D eigenvalue weighted by Crippen LogP contribution is 2.30. The van der Waals surface area contributed by atoms with Crippen molar-refractivity contribution in [3.63, 3.8) is 0 Å². The predicted octanol–water partition coefficient (Wildman–Crippen LogP) is 4.58. The summed E-state index contributed by atoms with van der Waals surface area (Å²) in [6.07, 6.45) is 0.496. The molecule has 1 aliphatic rings. The minimum absolute atomic E-state index is 0.133. The van der Waals surface area contributed by atoms with Crippen LogP contribution in [-0.4, -0.2) is 12.6 Å². The summed E-state index contributed by atoms with van der Waals surface area (Å²) >= 11 is 0. The van der Waals surface area contributed by atoms with Gasteiger partial charge >= 0.3 is 12.1 Å². The number of alkyl halides is 3. The van der Waals surface area contributed by atoms with Gasteiger partial charge in [0.2, 0.25) is 0 Å². The van der Waals surface area contributed by atoms with E-state index in [4.69, 9.17) is 4.74 Å². The van der Waals surface area contributed by atoms with Crippen LogP contribution in [0.2, 0.25) is 0 Å². The van der Waals surface area contributed by atoms with Crippen molar-refractivity contribution >= 4 is 5.97 Å². The quantitative estimate of drug-likeness (QED) is 0.603. The molecule has 1 saturated carbocycles. The van der Waals surface area contributed by atoms with Crippen molar-refractivity contribution in [3.8, 4) is 0 Å². The third-order valence-electron chi connectivity index (χ3n) is 3.69. The molecular formula is C15H16F4O2. The van der Waals surface area contributed by atoms with Gasteiger partial charge in [0.15, 0.2) is 0 Å². The van der Waals surface area contributed by atoms with Crippen LogP contribution >= 0.6 is 0 Å². The Bertz CT molecular complexity index is 505.